The van der Waals surface area contributed by atoms with Crippen molar-refractivity contribution in [1.29, 1.82) is 0 Å². The molecule has 0 radical (unpaired) electrons. The van der Waals surface area contributed by atoms with E-state index in [2.05, 4.69) is 30.4 Å². The van der Waals surface area contributed by atoms with Crippen LogP contribution >= 0.6 is 0 Å². The summed E-state index contributed by atoms with van der Waals surface area (Å²) in [6.07, 6.45) is 1.62. The number of carboxylic acids is 1. The number of rotatable bonds is 3. The van der Waals surface area contributed by atoms with E-state index in [1.165, 1.54) is 11.1 Å². The number of anilines is 1. The maximum atomic E-state index is 10.8. The van der Waals surface area contributed by atoms with Gasteiger partial charge in [-0.2, -0.15) is 0 Å². The molecule has 0 aromatic heterocycles. The Kier molecular flexibility index (Phi) is 2.86. The Balaban J connectivity index is 2.03. The molecule has 0 fully saturated rings. The maximum Gasteiger partial charge on any atom is 0.306 e. The predicted octanol–water partition coefficient (Wildman–Crippen LogP) is 2.44. The molecule has 3 heteroatoms. The van der Waals surface area contributed by atoms with E-state index in [4.69, 9.17) is 5.11 Å². The highest BCUT2D eigenvalue weighted by molar-refractivity contribution is 5.70. The molecule has 86 valence electrons. The van der Waals surface area contributed by atoms with Crippen LogP contribution in [0, 0.1) is 12.8 Å². The third kappa shape index (κ3) is 2.18. The summed E-state index contributed by atoms with van der Waals surface area (Å²) in [5.41, 5.74) is 3.73. The first-order chi connectivity index (χ1) is 7.56. The molecular formula is C13H17NO2. The largest absolute Gasteiger partial charge is 0.481 e. The van der Waals surface area contributed by atoms with E-state index in [1.807, 2.05) is 0 Å². The lowest BCUT2D eigenvalue weighted by molar-refractivity contribution is -0.141. The first kappa shape index (κ1) is 11.0. The number of hydrogen-bond acceptors (Lipinski definition) is 2. The van der Waals surface area contributed by atoms with Crippen molar-refractivity contribution in [2.75, 3.05) is 5.32 Å². The average molecular weight is 219 g/mol. The zero-order valence-corrected chi connectivity index (χ0v) is 9.66. The van der Waals surface area contributed by atoms with Crippen molar-refractivity contribution in [1.82, 2.24) is 0 Å². The Hall–Kier alpha value is -1.51. The molecule has 1 heterocycles. The minimum Gasteiger partial charge on any atom is -0.481 e. The Morgan fingerprint density at radius 3 is 3.06 bits per heavy atom. The molecule has 0 bridgehead atoms. The first-order valence-electron chi connectivity index (χ1n) is 5.65. The van der Waals surface area contributed by atoms with Gasteiger partial charge in [-0.25, -0.2) is 0 Å². The molecule has 1 aliphatic heterocycles. The Labute approximate surface area is 95.5 Å². The summed E-state index contributed by atoms with van der Waals surface area (Å²) in [5, 5.41) is 12.3. The van der Waals surface area contributed by atoms with E-state index < -0.39 is 5.97 Å². The highest BCUT2D eigenvalue weighted by Gasteiger charge is 2.24. The SMILES string of the molecule is Cc1ccc2c(c1)CC(CC(C)C(=O)O)N2. The molecule has 1 aromatic carbocycles. The van der Waals surface area contributed by atoms with Gasteiger partial charge in [-0.05, 0) is 31.4 Å². The van der Waals surface area contributed by atoms with Gasteiger partial charge >= 0.3 is 5.97 Å². The second-order valence-electron chi connectivity index (χ2n) is 4.68. The van der Waals surface area contributed by atoms with Gasteiger partial charge < -0.3 is 10.4 Å². The van der Waals surface area contributed by atoms with E-state index in [9.17, 15) is 4.79 Å². The van der Waals surface area contributed by atoms with Crippen LogP contribution < -0.4 is 5.32 Å². The summed E-state index contributed by atoms with van der Waals surface area (Å²) in [6, 6.07) is 6.60. The fraction of sp³-hybridized carbons (Fsp3) is 0.462. The minimum atomic E-state index is -0.714. The van der Waals surface area contributed by atoms with E-state index in [0.717, 1.165) is 12.1 Å². The minimum absolute atomic E-state index is 0.267. The van der Waals surface area contributed by atoms with Crippen LogP contribution in [0.25, 0.3) is 0 Å². The molecule has 0 saturated heterocycles. The molecule has 2 unspecified atom stereocenters. The molecule has 0 saturated carbocycles. The van der Waals surface area contributed by atoms with Gasteiger partial charge in [-0.1, -0.05) is 24.6 Å². The Morgan fingerprint density at radius 1 is 1.62 bits per heavy atom. The van der Waals surface area contributed by atoms with Crippen molar-refractivity contribution in [3.05, 3.63) is 29.3 Å². The third-order valence-corrected chi connectivity index (χ3v) is 3.15. The number of carboxylic acid groups (broad SMARTS) is 1. The van der Waals surface area contributed by atoms with E-state index in [1.54, 1.807) is 6.92 Å². The van der Waals surface area contributed by atoms with Crippen LogP contribution in [0.2, 0.25) is 0 Å². The summed E-state index contributed by atoms with van der Waals surface area (Å²) in [7, 11) is 0. The van der Waals surface area contributed by atoms with Gasteiger partial charge in [0.05, 0.1) is 5.92 Å². The number of nitrogens with one attached hydrogen (secondary N) is 1. The Morgan fingerprint density at radius 2 is 2.38 bits per heavy atom. The maximum absolute atomic E-state index is 10.8. The number of hydrogen-bond donors (Lipinski definition) is 2. The molecule has 0 aliphatic carbocycles. The van der Waals surface area contributed by atoms with Gasteiger partial charge in [0.25, 0.3) is 0 Å². The zero-order valence-electron chi connectivity index (χ0n) is 9.66. The average Bonchev–Trinajstić information content (AvgIpc) is 2.58. The third-order valence-electron chi connectivity index (χ3n) is 3.15. The Bertz CT molecular complexity index is 414. The number of fused-ring (bicyclic) bond motifs is 1. The second kappa shape index (κ2) is 4.16. The number of benzene rings is 1. The van der Waals surface area contributed by atoms with Crippen molar-refractivity contribution in [2.24, 2.45) is 5.92 Å². The van der Waals surface area contributed by atoms with Gasteiger partial charge in [0.2, 0.25) is 0 Å². The van der Waals surface area contributed by atoms with Crippen molar-refractivity contribution >= 4 is 11.7 Å². The summed E-state index contributed by atoms with van der Waals surface area (Å²) < 4.78 is 0. The van der Waals surface area contributed by atoms with Crippen LogP contribution in [0.3, 0.4) is 0 Å². The van der Waals surface area contributed by atoms with Crippen LogP contribution in [0.4, 0.5) is 5.69 Å². The summed E-state index contributed by atoms with van der Waals surface area (Å²) in [5.74, 6) is -0.998. The number of aryl methyl sites for hydroxylation is 1. The quantitative estimate of drug-likeness (QED) is 0.821. The van der Waals surface area contributed by atoms with E-state index in [0.29, 0.717) is 6.42 Å². The molecule has 1 aliphatic rings. The fourth-order valence-corrected chi connectivity index (χ4v) is 2.24. The summed E-state index contributed by atoms with van der Waals surface area (Å²) in [4.78, 5) is 10.8. The van der Waals surface area contributed by atoms with Crippen molar-refractivity contribution in [3.63, 3.8) is 0 Å². The molecule has 0 amide bonds. The molecule has 1 aromatic rings. The van der Waals surface area contributed by atoms with Crippen molar-refractivity contribution < 1.29 is 9.90 Å². The van der Waals surface area contributed by atoms with Crippen LogP contribution in [0.15, 0.2) is 18.2 Å². The van der Waals surface area contributed by atoms with Gasteiger partial charge in [0.1, 0.15) is 0 Å². The van der Waals surface area contributed by atoms with Crippen LogP contribution in [0.1, 0.15) is 24.5 Å². The topological polar surface area (TPSA) is 49.3 Å². The number of carbonyl (C=O) groups is 1. The normalized spacial score (nSPS) is 20.0. The molecule has 2 atom stereocenters. The van der Waals surface area contributed by atoms with Gasteiger partial charge in [-0.3, -0.25) is 4.79 Å². The molecule has 3 nitrogen and oxygen atoms in total. The number of aliphatic carboxylic acids is 1. The lowest BCUT2D eigenvalue weighted by Gasteiger charge is -2.13. The van der Waals surface area contributed by atoms with Crippen LogP contribution in [-0.2, 0) is 11.2 Å². The zero-order chi connectivity index (χ0) is 11.7. The van der Waals surface area contributed by atoms with Gasteiger partial charge in [-0.15, -0.1) is 0 Å². The molecular weight excluding hydrogens is 202 g/mol. The second-order valence-corrected chi connectivity index (χ2v) is 4.68. The van der Waals surface area contributed by atoms with E-state index in [-0.39, 0.29) is 12.0 Å². The summed E-state index contributed by atoms with van der Waals surface area (Å²) >= 11 is 0. The smallest absolute Gasteiger partial charge is 0.306 e. The van der Waals surface area contributed by atoms with Crippen molar-refractivity contribution in [2.45, 2.75) is 32.7 Å². The molecule has 16 heavy (non-hydrogen) atoms. The fourth-order valence-electron chi connectivity index (χ4n) is 2.24. The van der Waals surface area contributed by atoms with Crippen LogP contribution in [-0.4, -0.2) is 17.1 Å². The molecule has 2 N–H and O–H groups in total. The van der Waals surface area contributed by atoms with Crippen molar-refractivity contribution in [3.8, 4) is 0 Å². The predicted molar refractivity (Wildman–Crippen MR) is 63.7 cm³/mol. The lowest BCUT2D eigenvalue weighted by atomic mass is 9.99. The highest BCUT2D eigenvalue weighted by atomic mass is 16.4. The lowest BCUT2D eigenvalue weighted by Crippen LogP contribution is -2.22. The summed E-state index contributed by atoms with van der Waals surface area (Å²) in [6.45, 7) is 3.84. The molecule has 2 rings (SSSR count). The first-order valence-corrected chi connectivity index (χ1v) is 5.65. The monoisotopic (exact) mass is 219 g/mol. The van der Waals surface area contributed by atoms with Gasteiger partial charge in [0.15, 0.2) is 0 Å². The highest BCUT2D eigenvalue weighted by Crippen LogP contribution is 2.29. The van der Waals surface area contributed by atoms with Gasteiger partial charge in [0, 0.05) is 11.7 Å². The molecule has 0 spiro atoms. The van der Waals surface area contributed by atoms with E-state index >= 15 is 0 Å². The standard InChI is InChI=1S/C13H17NO2/c1-8-3-4-12-10(5-8)7-11(14-12)6-9(2)13(15)16/h3-5,9,11,14H,6-7H2,1-2H3,(H,15,16). The van der Waals surface area contributed by atoms with Crippen LogP contribution in [0.5, 0.6) is 0 Å².